The van der Waals surface area contributed by atoms with Crippen LogP contribution in [0.3, 0.4) is 0 Å². The molecule has 5 atom stereocenters. The van der Waals surface area contributed by atoms with Crippen molar-refractivity contribution in [1.29, 1.82) is 0 Å². The first-order chi connectivity index (χ1) is 30.0. The van der Waals surface area contributed by atoms with Gasteiger partial charge < -0.3 is 36.1 Å². The number of likely N-dealkylation sites (tertiary alicyclic amines) is 2. The first kappa shape index (κ1) is 43.8. The minimum absolute atomic E-state index is 0.137. The third-order valence-corrected chi connectivity index (χ3v) is 12.3. The lowest BCUT2D eigenvalue weighted by Crippen LogP contribution is -2.57. The molecule has 5 amide bonds. The van der Waals surface area contributed by atoms with Gasteiger partial charge in [0.25, 0.3) is 0 Å². The monoisotopic (exact) mass is 842 g/mol. The predicted molar refractivity (Wildman–Crippen MR) is 238 cm³/mol. The zero-order valence-electron chi connectivity index (χ0n) is 35.7. The number of para-hydroxylation sites is 2. The third-order valence-electron chi connectivity index (χ3n) is 12.3. The fraction of sp³-hybridized carbons (Fsp3) is 0.417. The molecular weight excluding hydrogens is 785 g/mol. The fourth-order valence-electron chi connectivity index (χ4n) is 9.02. The smallest absolute Gasteiger partial charge is 0.243 e. The summed E-state index contributed by atoms with van der Waals surface area (Å²) in [6.45, 7) is 6.57. The molecule has 0 radical (unpaired) electrons. The molecule has 2 saturated heterocycles. The van der Waals surface area contributed by atoms with Gasteiger partial charge >= 0.3 is 0 Å². The minimum Gasteiger partial charge on any atom is -0.361 e. The van der Waals surface area contributed by atoms with Crippen molar-refractivity contribution in [3.05, 3.63) is 108 Å². The summed E-state index contributed by atoms with van der Waals surface area (Å²) in [5.74, 6) is -2.32. The second kappa shape index (κ2) is 20.1. The molecule has 6 N–H and O–H groups in total. The molecule has 3 aromatic carbocycles. The highest BCUT2D eigenvalue weighted by Crippen LogP contribution is 2.24. The molecular formula is C48H58N8O6. The lowest BCUT2D eigenvalue weighted by Gasteiger charge is -2.29. The summed E-state index contributed by atoms with van der Waals surface area (Å²) in [5.41, 5.74) is 4.39. The molecule has 4 heterocycles. The Bertz CT molecular complexity index is 2390. The standard InChI is InChI=1S/C48H58N8O6/c1-4-43(57)38(25-32-27-49-36-18-10-8-16-34(32)36)52-46(60)39(24-31-14-6-5-7-15-31)53-48(62)42-21-13-23-56(42)44(58)29-51-45(59)40(26-33-28-50-37-19-11-9-17-35(33)37)54-47(61)41-20-12-22-55(41)30(2)3/h5-11,14-19,27-28,30,38-42,49-50H,4,12-13,20-26,29H2,1-3H3,(H,51,59)(H,52,60)(H,53,62)(H,54,61)/t38-,39-,40-,41-,42-/m0/s1. The zero-order valence-corrected chi connectivity index (χ0v) is 35.7. The lowest BCUT2D eigenvalue weighted by atomic mass is 9.99. The van der Waals surface area contributed by atoms with Gasteiger partial charge in [-0.05, 0) is 74.9 Å². The number of nitrogens with one attached hydrogen (secondary N) is 6. The molecule has 326 valence electrons. The Hall–Kier alpha value is -6.28. The van der Waals surface area contributed by atoms with Crippen LogP contribution in [0.25, 0.3) is 21.8 Å². The van der Waals surface area contributed by atoms with Crippen molar-refractivity contribution in [3.63, 3.8) is 0 Å². The molecule has 2 fully saturated rings. The van der Waals surface area contributed by atoms with Crippen molar-refractivity contribution in [1.82, 2.24) is 41.0 Å². The molecule has 2 aliphatic rings. The number of amides is 5. The van der Waals surface area contributed by atoms with Crippen molar-refractivity contribution in [2.24, 2.45) is 0 Å². The van der Waals surface area contributed by atoms with Crippen LogP contribution >= 0.6 is 0 Å². The van der Waals surface area contributed by atoms with Gasteiger partial charge in [-0.15, -0.1) is 0 Å². The number of ketones is 1. The van der Waals surface area contributed by atoms with E-state index in [0.29, 0.717) is 25.8 Å². The minimum atomic E-state index is -1.04. The van der Waals surface area contributed by atoms with E-state index in [2.05, 4.69) is 50.0 Å². The average molecular weight is 843 g/mol. The number of rotatable bonds is 18. The number of Topliss-reactive ketones (excluding diaryl/α,β-unsaturated/α-hetero) is 1. The lowest BCUT2D eigenvalue weighted by molar-refractivity contribution is -0.140. The predicted octanol–water partition coefficient (Wildman–Crippen LogP) is 4.09. The van der Waals surface area contributed by atoms with Gasteiger partial charge in [0.05, 0.1) is 18.6 Å². The number of benzene rings is 3. The highest BCUT2D eigenvalue weighted by Gasteiger charge is 2.38. The maximum Gasteiger partial charge on any atom is 0.243 e. The van der Waals surface area contributed by atoms with Gasteiger partial charge in [0, 0.05) is 72.5 Å². The molecule has 2 aromatic heterocycles. The third kappa shape index (κ3) is 10.2. The number of fused-ring (bicyclic) bond motifs is 2. The molecule has 62 heavy (non-hydrogen) atoms. The normalized spacial score (nSPS) is 18.1. The molecule has 7 rings (SSSR count). The molecule has 2 aliphatic heterocycles. The van der Waals surface area contributed by atoms with Crippen molar-refractivity contribution >= 4 is 57.1 Å². The van der Waals surface area contributed by atoms with Crippen LogP contribution in [-0.4, -0.2) is 111 Å². The van der Waals surface area contributed by atoms with E-state index in [0.717, 1.165) is 51.5 Å². The Labute approximate surface area is 361 Å². The van der Waals surface area contributed by atoms with Gasteiger partial charge in [-0.2, -0.15) is 0 Å². The highest BCUT2D eigenvalue weighted by atomic mass is 16.2. The van der Waals surface area contributed by atoms with Crippen LogP contribution in [-0.2, 0) is 48.0 Å². The molecule has 0 bridgehead atoms. The van der Waals surface area contributed by atoms with Crippen LogP contribution in [0.4, 0.5) is 0 Å². The number of carbonyl (C=O) groups is 6. The molecule has 0 saturated carbocycles. The average Bonchev–Trinajstić information content (AvgIpc) is 4.12. The van der Waals surface area contributed by atoms with E-state index in [-0.39, 0.29) is 56.0 Å². The second-order valence-corrected chi connectivity index (χ2v) is 16.8. The van der Waals surface area contributed by atoms with Gasteiger partial charge in [0.2, 0.25) is 29.5 Å². The summed E-state index contributed by atoms with van der Waals surface area (Å²) in [6.07, 6.45) is 7.04. The van der Waals surface area contributed by atoms with Gasteiger partial charge in [0.1, 0.15) is 18.1 Å². The second-order valence-electron chi connectivity index (χ2n) is 16.8. The van der Waals surface area contributed by atoms with Crippen molar-refractivity contribution < 1.29 is 28.8 Å². The summed E-state index contributed by atoms with van der Waals surface area (Å²) in [4.78, 5) is 93.0. The van der Waals surface area contributed by atoms with E-state index in [1.54, 1.807) is 6.92 Å². The molecule has 0 spiro atoms. The quantitative estimate of drug-likeness (QED) is 0.0767. The van der Waals surface area contributed by atoms with Gasteiger partial charge in [-0.3, -0.25) is 33.7 Å². The molecule has 14 nitrogen and oxygen atoms in total. The van der Waals surface area contributed by atoms with Crippen LogP contribution < -0.4 is 21.3 Å². The van der Waals surface area contributed by atoms with Crippen molar-refractivity contribution in [3.8, 4) is 0 Å². The maximum absolute atomic E-state index is 14.1. The Balaban J connectivity index is 1.03. The maximum atomic E-state index is 14.1. The zero-order chi connectivity index (χ0) is 43.8. The van der Waals surface area contributed by atoms with E-state index in [1.165, 1.54) is 4.90 Å². The van der Waals surface area contributed by atoms with Crippen LogP contribution in [0.1, 0.15) is 69.6 Å². The van der Waals surface area contributed by atoms with Crippen LogP contribution in [0, 0.1) is 0 Å². The van der Waals surface area contributed by atoms with E-state index in [4.69, 9.17) is 0 Å². The SMILES string of the molecule is CCC(=O)[C@H](Cc1c[nH]c2ccccc12)NC(=O)[C@H](Cc1ccccc1)NC(=O)[C@@H]1CCCN1C(=O)CNC(=O)[C@H](Cc1c[nH]c2ccccc12)NC(=O)[C@@H]1CCCN1C(C)C. The Kier molecular flexibility index (Phi) is 14.2. The summed E-state index contributed by atoms with van der Waals surface area (Å²) >= 11 is 0. The van der Waals surface area contributed by atoms with E-state index in [9.17, 15) is 28.8 Å². The first-order valence-corrected chi connectivity index (χ1v) is 21.9. The van der Waals surface area contributed by atoms with Crippen LogP contribution in [0.2, 0.25) is 0 Å². The van der Waals surface area contributed by atoms with E-state index in [1.807, 2.05) is 91.3 Å². The Morgan fingerprint density at radius 1 is 0.645 bits per heavy atom. The number of aromatic nitrogens is 2. The number of aromatic amines is 2. The van der Waals surface area contributed by atoms with Gasteiger partial charge in [-0.1, -0.05) is 73.7 Å². The van der Waals surface area contributed by atoms with Crippen molar-refractivity contribution in [2.45, 2.75) is 108 Å². The Morgan fingerprint density at radius 3 is 1.82 bits per heavy atom. The summed E-state index contributed by atoms with van der Waals surface area (Å²) in [7, 11) is 0. The summed E-state index contributed by atoms with van der Waals surface area (Å²) in [6, 6.07) is 20.9. The first-order valence-electron chi connectivity index (χ1n) is 21.9. The number of hydrogen-bond acceptors (Lipinski definition) is 7. The summed E-state index contributed by atoms with van der Waals surface area (Å²) < 4.78 is 0. The molecule has 5 aromatic rings. The summed E-state index contributed by atoms with van der Waals surface area (Å²) in [5, 5.41) is 13.5. The largest absolute Gasteiger partial charge is 0.361 e. The van der Waals surface area contributed by atoms with Gasteiger partial charge in [-0.25, -0.2) is 0 Å². The van der Waals surface area contributed by atoms with Gasteiger partial charge in [0.15, 0.2) is 5.78 Å². The topological polar surface area (TPSA) is 189 Å². The van der Waals surface area contributed by atoms with Crippen molar-refractivity contribution in [2.75, 3.05) is 19.6 Å². The highest BCUT2D eigenvalue weighted by molar-refractivity contribution is 5.97. The molecule has 0 aliphatic carbocycles. The number of carbonyl (C=O) groups excluding carboxylic acids is 6. The molecule has 14 heteroatoms. The number of hydrogen-bond donors (Lipinski definition) is 6. The Morgan fingerprint density at radius 2 is 1.19 bits per heavy atom. The fourth-order valence-corrected chi connectivity index (χ4v) is 9.02. The van der Waals surface area contributed by atoms with E-state index >= 15 is 0 Å². The van der Waals surface area contributed by atoms with E-state index < -0.39 is 47.8 Å². The number of H-pyrrole nitrogens is 2. The van der Waals surface area contributed by atoms with Crippen LogP contribution in [0.15, 0.2) is 91.3 Å². The van der Waals surface area contributed by atoms with Crippen LogP contribution in [0.5, 0.6) is 0 Å². The molecule has 0 unspecified atom stereocenters. The number of nitrogens with zero attached hydrogens (tertiary/aromatic N) is 2.